The SMILES string of the molecule is COCCN(CCC#N)CCC(=O)Nc1cccc(N)c1. The Morgan fingerprint density at radius 1 is 1.43 bits per heavy atom. The van der Waals surface area contributed by atoms with Crippen LogP contribution in [0.4, 0.5) is 11.4 Å². The number of nitrogens with zero attached hydrogens (tertiary/aromatic N) is 2. The number of nitrogen functional groups attached to an aromatic ring is 1. The fraction of sp³-hybridized carbons (Fsp3) is 0.467. The van der Waals surface area contributed by atoms with E-state index in [1.807, 2.05) is 4.90 Å². The molecular formula is C15H22N4O2. The van der Waals surface area contributed by atoms with E-state index in [0.29, 0.717) is 50.5 Å². The molecule has 0 saturated carbocycles. The van der Waals surface area contributed by atoms with Crippen molar-refractivity contribution in [2.24, 2.45) is 0 Å². The maximum atomic E-state index is 11.9. The molecule has 0 heterocycles. The molecule has 0 aliphatic heterocycles. The van der Waals surface area contributed by atoms with Crippen LogP contribution >= 0.6 is 0 Å². The van der Waals surface area contributed by atoms with E-state index in [0.717, 1.165) is 0 Å². The number of nitrogens with two attached hydrogens (primary N) is 1. The van der Waals surface area contributed by atoms with Gasteiger partial charge in [-0.15, -0.1) is 0 Å². The number of carbonyl (C=O) groups excluding carboxylic acids is 1. The second kappa shape index (κ2) is 9.75. The van der Waals surface area contributed by atoms with Crippen molar-refractivity contribution in [1.29, 1.82) is 5.26 Å². The first-order chi connectivity index (χ1) is 10.2. The summed E-state index contributed by atoms with van der Waals surface area (Å²) in [5.74, 6) is -0.0695. The number of ether oxygens (including phenoxy) is 1. The van der Waals surface area contributed by atoms with E-state index in [9.17, 15) is 4.79 Å². The summed E-state index contributed by atoms with van der Waals surface area (Å²) >= 11 is 0. The van der Waals surface area contributed by atoms with Crippen LogP contribution in [-0.2, 0) is 9.53 Å². The van der Waals surface area contributed by atoms with Gasteiger partial charge in [-0.1, -0.05) is 6.07 Å². The first-order valence-electron chi connectivity index (χ1n) is 6.89. The first kappa shape index (κ1) is 17.0. The number of hydrogen-bond donors (Lipinski definition) is 2. The van der Waals surface area contributed by atoms with Gasteiger partial charge in [-0.2, -0.15) is 5.26 Å². The summed E-state index contributed by atoms with van der Waals surface area (Å²) in [4.78, 5) is 13.9. The second-order valence-corrected chi connectivity index (χ2v) is 4.67. The number of rotatable bonds is 9. The lowest BCUT2D eigenvalue weighted by Crippen LogP contribution is -2.31. The standard InChI is InChI=1S/C15H22N4O2/c1-21-11-10-19(8-3-7-16)9-6-15(20)18-14-5-2-4-13(17)12-14/h2,4-5,12H,3,6,8-11,17H2,1H3,(H,18,20). The number of amides is 1. The number of hydrogen-bond acceptors (Lipinski definition) is 5. The first-order valence-corrected chi connectivity index (χ1v) is 6.89. The molecule has 0 unspecified atom stereocenters. The van der Waals surface area contributed by atoms with Crippen molar-refractivity contribution >= 4 is 17.3 Å². The molecule has 0 saturated heterocycles. The molecule has 1 aromatic carbocycles. The summed E-state index contributed by atoms with van der Waals surface area (Å²) in [5.41, 5.74) is 6.97. The molecule has 0 atom stereocenters. The zero-order valence-electron chi connectivity index (χ0n) is 12.3. The lowest BCUT2D eigenvalue weighted by Gasteiger charge is -2.20. The van der Waals surface area contributed by atoms with Gasteiger partial charge in [0.1, 0.15) is 0 Å². The molecule has 1 rings (SSSR count). The van der Waals surface area contributed by atoms with Crippen LogP contribution in [0.5, 0.6) is 0 Å². The fourth-order valence-corrected chi connectivity index (χ4v) is 1.86. The van der Waals surface area contributed by atoms with Gasteiger partial charge in [0.05, 0.1) is 12.7 Å². The molecule has 0 aliphatic carbocycles. The van der Waals surface area contributed by atoms with Crippen LogP contribution in [0, 0.1) is 11.3 Å². The van der Waals surface area contributed by atoms with Gasteiger partial charge in [-0.3, -0.25) is 9.69 Å². The molecule has 0 spiro atoms. The Labute approximate surface area is 125 Å². The summed E-state index contributed by atoms with van der Waals surface area (Å²) in [6, 6.07) is 9.19. The van der Waals surface area contributed by atoms with Gasteiger partial charge in [0, 0.05) is 51.0 Å². The molecule has 1 amide bonds. The molecule has 0 aromatic heterocycles. The predicted octanol–water partition coefficient (Wildman–Crippen LogP) is 1.46. The van der Waals surface area contributed by atoms with Crippen molar-refractivity contribution in [2.75, 3.05) is 44.4 Å². The maximum absolute atomic E-state index is 11.9. The number of anilines is 2. The Morgan fingerprint density at radius 3 is 2.90 bits per heavy atom. The van der Waals surface area contributed by atoms with Crippen molar-refractivity contribution in [3.05, 3.63) is 24.3 Å². The summed E-state index contributed by atoms with van der Waals surface area (Å²) in [7, 11) is 1.63. The van der Waals surface area contributed by atoms with Crippen molar-refractivity contribution in [3.63, 3.8) is 0 Å². The number of benzene rings is 1. The van der Waals surface area contributed by atoms with Gasteiger partial charge in [-0.05, 0) is 18.2 Å². The molecule has 0 radical (unpaired) electrons. The number of nitriles is 1. The third-order valence-electron chi connectivity index (χ3n) is 2.98. The molecule has 21 heavy (non-hydrogen) atoms. The van der Waals surface area contributed by atoms with Crippen LogP contribution in [0.2, 0.25) is 0 Å². The Kier molecular flexibility index (Phi) is 7.87. The van der Waals surface area contributed by atoms with Crippen LogP contribution in [0.1, 0.15) is 12.8 Å². The minimum absolute atomic E-state index is 0.0695. The minimum Gasteiger partial charge on any atom is -0.399 e. The summed E-state index contributed by atoms with van der Waals surface area (Å²) in [6.07, 6.45) is 0.810. The van der Waals surface area contributed by atoms with Crippen molar-refractivity contribution in [1.82, 2.24) is 4.90 Å². The number of carbonyl (C=O) groups is 1. The van der Waals surface area contributed by atoms with E-state index >= 15 is 0 Å². The van der Waals surface area contributed by atoms with Gasteiger partial charge in [-0.25, -0.2) is 0 Å². The van der Waals surface area contributed by atoms with Gasteiger partial charge in [0.15, 0.2) is 0 Å². The van der Waals surface area contributed by atoms with Crippen molar-refractivity contribution < 1.29 is 9.53 Å². The van der Waals surface area contributed by atoms with E-state index in [4.69, 9.17) is 15.7 Å². The zero-order valence-corrected chi connectivity index (χ0v) is 12.3. The van der Waals surface area contributed by atoms with Crippen LogP contribution in [0.25, 0.3) is 0 Å². The number of nitrogens with one attached hydrogen (secondary N) is 1. The monoisotopic (exact) mass is 290 g/mol. The van der Waals surface area contributed by atoms with Crippen LogP contribution < -0.4 is 11.1 Å². The molecule has 3 N–H and O–H groups in total. The van der Waals surface area contributed by atoms with E-state index in [1.165, 1.54) is 0 Å². The van der Waals surface area contributed by atoms with E-state index < -0.39 is 0 Å². The summed E-state index contributed by atoms with van der Waals surface area (Å²) < 4.78 is 5.03. The van der Waals surface area contributed by atoms with Gasteiger partial charge in [0.25, 0.3) is 0 Å². The Morgan fingerprint density at radius 2 is 2.24 bits per heavy atom. The normalized spacial score (nSPS) is 10.3. The zero-order chi connectivity index (χ0) is 15.5. The van der Waals surface area contributed by atoms with Gasteiger partial charge >= 0.3 is 0 Å². The maximum Gasteiger partial charge on any atom is 0.225 e. The predicted molar refractivity (Wildman–Crippen MR) is 82.6 cm³/mol. The largest absolute Gasteiger partial charge is 0.399 e. The quantitative estimate of drug-likeness (QED) is 0.672. The molecule has 6 nitrogen and oxygen atoms in total. The lowest BCUT2D eigenvalue weighted by atomic mass is 10.2. The van der Waals surface area contributed by atoms with Crippen molar-refractivity contribution in [3.8, 4) is 6.07 Å². The topological polar surface area (TPSA) is 91.4 Å². The Bertz CT molecular complexity index is 485. The fourth-order valence-electron chi connectivity index (χ4n) is 1.86. The third-order valence-corrected chi connectivity index (χ3v) is 2.98. The van der Waals surface area contributed by atoms with E-state index in [2.05, 4.69) is 11.4 Å². The molecule has 0 fully saturated rings. The lowest BCUT2D eigenvalue weighted by molar-refractivity contribution is -0.116. The van der Waals surface area contributed by atoms with Crippen LogP contribution in [0.3, 0.4) is 0 Å². The average molecular weight is 290 g/mol. The van der Waals surface area contributed by atoms with Gasteiger partial charge in [0.2, 0.25) is 5.91 Å². The molecule has 0 aliphatic rings. The van der Waals surface area contributed by atoms with Crippen LogP contribution in [-0.4, -0.2) is 44.2 Å². The van der Waals surface area contributed by atoms with E-state index in [-0.39, 0.29) is 5.91 Å². The molecule has 114 valence electrons. The highest BCUT2D eigenvalue weighted by molar-refractivity contribution is 5.91. The van der Waals surface area contributed by atoms with Gasteiger partial charge < -0.3 is 15.8 Å². The third kappa shape index (κ3) is 7.30. The Hall–Kier alpha value is -2.10. The van der Waals surface area contributed by atoms with Crippen LogP contribution in [0.15, 0.2) is 24.3 Å². The highest BCUT2D eigenvalue weighted by atomic mass is 16.5. The summed E-state index contributed by atoms with van der Waals surface area (Å²) in [5, 5.41) is 11.4. The highest BCUT2D eigenvalue weighted by Crippen LogP contribution is 2.12. The van der Waals surface area contributed by atoms with E-state index in [1.54, 1.807) is 31.4 Å². The second-order valence-electron chi connectivity index (χ2n) is 4.67. The smallest absolute Gasteiger partial charge is 0.225 e. The number of methoxy groups -OCH3 is 1. The molecule has 0 bridgehead atoms. The summed E-state index contributed by atoms with van der Waals surface area (Å²) in [6.45, 7) is 2.54. The molecule has 1 aromatic rings. The highest BCUT2D eigenvalue weighted by Gasteiger charge is 2.08. The average Bonchev–Trinajstić information content (AvgIpc) is 2.46. The molecular weight excluding hydrogens is 268 g/mol. The minimum atomic E-state index is -0.0695. The molecule has 6 heteroatoms. The Balaban J connectivity index is 2.39. The van der Waals surface area contributed by atoms with Crippen molar-refractivity contribution in [2.45, 2.75) is 12.8 Å².